The topological polar surface area (TPSA) is 58.4 Å². The number of amides is 1. The second-order valence-corrected chi connectivity index (χ2v) is 4.07. The van der Waals surface area contributed by atoms with E-state index < -0.39 is 0 Å². The summed E-state index contributed by atoms with van der Waals surface area (Å²) in [6.45, 7) is 3.09. The van der Waals surface area contributed by atoms with Gasteiger partial charge in [0.2, 0.25) is 5.76 Å². The maximum atomic E-state index is 12.2. The maximum absolute atomic E-state index is 12.2. The molecular formula is C12H13N3O2. The number of hydrogen-bond donors (Lipinski definition) is 1. The molecule has 1 aromatic heterocycles. The average molecular weight is 231 g/mol. The molecule has 0 bridgehead atoms. The fraction of sp³-hybridized carbons (Fsp3) is 0.333. The van der Waals surface area contributed by atoms with E-state index in [0.29, 0.717) is 18.8 Å². The monoisotopic (exact) mass is 231 g/mol. The van der Waals surface area contributed by atoms with E-state index in [4.69, 9.17) is 4.52 Å². The van der Waals surface area contributed by atoms with Gasteiger partial charge in [0.1, 0.15) is 5.52 Å². The van der Waals surface area contributed by atoms with E-state index in [2.05, 4.69) is 10.5 Å². The summed E-state index contributed by atoms with van der Waals surface area (Å²) >= 11 is 0. The van der Waals surface area contributed by atoms with Gasteiger partial charge in [-0.15, -0.1) is 0 Å². The molecule has 1 amide bonds. The molecule has 17 heavy (non-hydrogen) atoms. The molecule has 1 aromatic carbocycles. The normalized spacial score (nSPS) is 16.4. The van der Waals surface area contributed by atoms with Gasteiger partial charge < -0.3 is 14.7 Å². The SMILES string of the molecule is O=C(c1onc2ccccc12)N1CCNCC1. The number of hydrogen-bond acceptors (Lipinski definition) is 4. The van der Waals surface area contributed by atoms with E-state index >= 15 is 0 Å². The minimum Gasteiger partial charge on any atom is -0.350 e. The molecule has 0 aliphatic carbocycles. The zero-order chi connectivity index (χ0) is 11.7. The Labute approximate surface area is 98.4 Å². The van der Waals surface area contributed by atoms with Crippen molar-refractivity contribution in [3.05, 3.63) is 30.0 Å². The molecule has 2 aromatic rings. The Morgan fingerprint density at radius 3 is 2.88 bits per heavy atom. The highest BCUT2D eigenvalue weighted by atomic mass is 16.5. The van der Waals surface area contributed by atoms with Crippen molar-refractivity contribution in [1.82, 2.24) is 15.4 Å². The summed E-state index contributed by atoms with van der Waals surface area (Å²) in [6, 6.07) is 7.46. The molecule has 0 unspecified atom stereocenters. The lowest BCUT2D eigenvalue weighted by atomic mass is 10.2. The molecular weight excluding hydrogens is 218 g/mol. The van der Waals surface area contributed by atoms with Crippen molar-refractivity contribution >= 4 is 16.8 Å². The zero-order valence-electron chi connectivity index (χ0n) is 9.35. The van der Waals surface area contributed by atoms with Crippen molar-refractivity contribution < 1.29 is 9.32 Å². The van der Waals surface area contributed by atoms with Crippen molar-refractivity contribution in [1.29, 1.82) is 0 Å². The van der Waals surface area contributed by atoms with Gasteiger partial charge in [0, 0.05) is 26.2 Å². The smallest absolute Gasteiger partial charge is 0.293 e. The highest BCUT2D eigenvalue weighted by Gasteiger charge is 2.23. The number of benzene rings is 1. The first-order valence-electron chi connectivity index (χ1n) is 5.70. The Morgan fingerprint density at radius 2 is 2.06 bits per heavy atom. The molecule has 0 saturated carbocycles. The number of rotatable bonds is 1. The van der Waals surface area contributed by atoms with Gasteiger partial charge in [-0.25, -0.2) is 0 Å². The predicted octanol–water partition coefficient (Wildman–Crippen LogP) is 0.873. The second-order valence-electron chi connectivity index (χ2n) is 4.07. The first-order chi connectivity index (χ1) is 8.36. The highest BCUT2D eigenvalue weighted by Crippen LogP contribution is 2.19. The average Bonchev–Trinajstić information content (AvgIpc) is 2.83. The predicted molar refractivity (Wildman–Crippen MR) is 62.8 cm³/mol. The van der Waals surface area contributed by atoms with Crippen LogP contribution in [0.1, 0.15) is 10.6 Å². The van der Waals surface area contributed by atoms with Crippen LogP contribution in [0.5, 0.6) is 0 Å². The number of nitrogens with one attached hydrogen (secondary N) is 1. The fourth-order valence-corrected chi connectivity index (χ4v) is 2.06. The summed E-state index contributed by atoms with van der Waals surface area (Å²) in [6.07, 6.45) is 0. The summed E-state index contributed by atoms with van der Waals surface area (Å²) in [5, 5.41) is 7.90. The fourth-order valence-electron chi connectivity index (χ4n) is 2.06. The van der Waals surface area contributed by atoms with E-state index in [-0.39, 0.29) is 5.91 Å². The van der Waals surface area contributed by atoms with Crippen LogP contribution in [0.15, 0.2) is 28.8 Å². The van der Waals surface area contributed by atoms with Gasteiger partial charge in [-0.2, -0.15) is 0 Å². The third kappa shape index (κ3) is 1.78. The van der Waals surface area contributed by atoms with Crippen LogP contribution in [0.25, 0.3) is 10.9 Å². The number of nitrogens with zero attached hydrogens (tertiary/aromatic N) is 2. The van der Waals surface area contributed by atoms with Gasteiger partial charge in [0.15, 0.2) is 0 Å². The molecule has 1 fully saturated rings. The first kappa shape index (κ1) is 10.3. The zero-order valence-corrected chi connectivity index (χ0v) is 9.35. The van der Waals surface area contributed by atoms with Crippen molar-refractivity contribution in [3.8, 4) is 0 Å². The molecule has 1 aliphatic heterocycles. The second kappa shape index (κ2) is 4.18. The third-order valence-corrected chi connectivity index (χ3v) is 2.98. The molecule has 5 nitrogen and oxygen atoms in total. The molecule has 3 rings (SSSR count). The highest BCUT2D eigenvalue weighted by molar-refractivity contribution is 6.03. The van der Waals surface area contributed by atoms with E-state index in [1.54, 1.807) is 4.90 Å². The molecule has 2 heterocycles. The van der Waals surface area contributed by atoms with Crippen LogP contribution in [-0.2, 0) is 0 Å². The van der Waals surface area contributed by atoms with Crippen LogP contribution in [-0.4, -0.2) is 42.1 Å². The standard InChI is InChI=1S/C12H13N3O2/c16-12(15-7-5-13-6-8-15)11-9-3-1-2-4-10(9)14-17-11/h1-4,13H,5-8H2. The van der Waals surface area contributed by atoms with Gasteiger partial charge in [-0.3, -0.25) is 4.79 Å². The summed E-state index contributed by atoms with van der Waals surface area (Å²) in [5.74, 6) is 0.280. The number of carbonyl (C=O) groups excluding carboxylic acids is 1. The van der Waals surface area contributed by atoms with Gasteiger partial charge in [-0.05, 0) is 12.1 Å². The minimum absolute atomic E-state index is 0.0693. The van der Waals surface area contributed by atoms with Crippen molar-refractivity contribution in [2.75, 3.05) is 26.2 Å². The number of aromatic nitrogens is 1. The van der Waals surface area contributed by atoms with Gasteiger partial charge in [0.25, 0.3) is 5.91 Å². The van der Waals surface area contributed by atoms with Crippen LogP contribution in [0.3, 0.4) is 0 Å². The Morgan fingerprint density at radius 1 is 1.29 bits per heavy atom. The number of piperazine rings is 1. The molecule has 0 radical (unpaired) electrons. The Bertz CT molecular complexity index is 543. The number of carbonyl (C=O) groups is 1. The van der Waals surface area contributed by atoms with Crippen LogP contribution in [0.2, 0.25) is 0 Å². The quantitative estimate of drug-likeness (QED) is 0.791. The van der Waals surface area contributed by atoms with Gasteiger partial charge in [-0.1, -0.05) is 17.3 Å². The minimum atomic E-state index is -0.0693. The van der Waals surface area contributed by atoms with E-state index in [1.807, 2.05) is 24.3 Å². The largest absolute Gasteiger partial charge is 0.350 e. The molecule has 1 N–H and O–H groups in total. The van der Waals surface area contributed by atoms with Gasteiger partial charge in [0.05, 0.1) is 5.39 Å². The molecule has 0 spiro atoms. The Kier molecular flexibility index (Phi) is 2.53. The molecule has 88 valence electrons. The van der Waals surface area contributed by atoms with E-state index in [0.717, 1.165) is 24.0 Å². The molecule has 1 aliphatic rings. The Hall–Kier alpha value is -1.88. The van der Waals surface area contributed by atoms with Crippen LogP contribution < -0.4 is 5.32 Å². The lowest BCUT2D eigenvalue weighted by molar-refractivity contribution is 0.0696. The Balaban J connectivity index is 1.95. The van der Waals surface area contributed by atoms with Crippen molar-refractivity contribution in [2.24, 2.45) is 0 Å². The summed E-state index contributed by atoms with van der Waals surface area (Å²) < 4.78 is 5.17. The van der Waals surface area contributed by atoms with Crippen molar-refractivity contribution in [2.45, 2.75) is 0 Å². The number of fused-ring (bicyclic) bond motifs is 1. The molecule has 0 atom stereocenters. The van der Waals surface area contributed by atoms with Crippen LogP contribution in [0, 0.1) is 0 Å². The summed E-state index contributed by atoms with van der Waals surface area (Å²) in [7, 11) is 0. The summed E-state index contributed by atoms with van der Waals surface area (Å²) in [5.41, 5.74) is 0.728. The molecule has 1 saturated heterocycles. The van der Waals surface area contributed by atoms with Crippen LogP contribution in [0.4, 0.5) is 0 Å². The summed E-state index contributed by atoms with van der Waals surface area (Å²) in [4.78, 5) is 14.0. The van der Waals surface area contributed by atoms with E-state index in [1.165, 1.54) is 0 Å². The van der Waals surface area contributed by atoms with Gasteiger partial charge >= 0.3 is 0 Å². The third-order valence-electron chi connectivity index (χ3n) is 2.98. The molecule has 5 heteroatoms. The lowest BCUT2D eigenvalue weighted by Crippen LogP contribution is -2.46. The lowest BCUT2D eigenvalue weighted by Gasteiger charge is -2.26. The van der Waals surface area contributed by atoms with Crippen LogP contribution >= 0.6 is 0 Å². The van der Waals surface area contributed by atoms with Crippen molar-refractivity contribution in [3.63, 3.8) is 0 Å². The first-order valence-corrected chi connectivity index (χ1v) is 5.70. The van der Waals surface area contributed by atoms with E-state index in [9.17, 15) is 4.79 Å². The maximum Gasteiger partial charge on any atom is 0.293 e.